The lowest BCUT2D eigenvalue weighted by Crippen LogP contribution is -2.44. The standard InChI is InChI=1S/C21H21NO4/c1-15(23)16-7-5-10-18(13-16)22-19(24)14-26-20(25)21(11-6-12-21)17-8-3-2-4-9-17/h2-5,7-10,13H,6,11-12,14H2,1H3,(H,22,24). The van der Waals surface area contributed by atoms with Gasteiger partial charge in [0.25, 0.3) is 5.91 Å². The SMILES string of the molecule is CC(=O)c1cccc(NC(=O)COC(=O)C2(c3ccccc3)CCC2)c1. The fourth-order valence-corrected chi connectivity index (χ4v) is 3.18. The number of esters is 1. The lowest BCUT2D eigenvalue weighted by atomic mass is 9.64. The lowest BCUT2D eigenvalue weighted by Gasteiger charge is -2.39. The fourth-order valence-electron chi connectivity index (χ4n) is 3.18. The minimum absolute atomic E-state index is 0.0812. The van der Waals surface area contributed by atoms with Crippen molar-refractivity contribution in [2.45, 2.75) is 31.6 Å². The molecule has 26 heavy (non-hydrogen) atoms. The first-order chi connectivity index (χ1) is 12.5. The molecule has 1 saturated carbocycles. The number of hydrogen-bond donors (Lipinski definition) is 1. The molecule has 2 aromatic carbocycles. The van der Waals surface area contributed by atoms with Crippen molar-refractivity contribution in [3.63, 3.8) is 0 Å². The maximum absolute atomic E-state index is 12.6. The molecule has 1 aliphatic carbocycles. The summed E-state index contributed by atoms with van der Waals surface area (Å²) < 4.78 is 5.30. The molecule has 2 aromatic rings. The van der Waals surface area contributed by atoms with Gasteiger partial charge in [-0.15, -0.1) is 0 Å². The quantitative estimate of drug-likeness (QED) is 0.639. The number of anilines is 1. The van der Waals surface area contributed by atoms with Crippen LogP contribution in [0.1, 0.15) is 42.1 Å². The second-order valence-electron chi connectivity index (χ2n) is 6.56. The van der Waals surface area contributed by atoms with E-state index in [0.717, 1.165) is 24.8 Å². The molecule has 5 nitrogen and oxygen atoms in total. The molecule has 1 amide bonds. The average Bonchev–Trinajstić information content (AvgIpc) is 2.60. The Hall–Kier alpha value is -2.95. The largest absolute Gasteiger partial charge is 0.455 e. The van der Waals surface area contributed by atoms with E-state index in [0.29, 0.717) is 11.3 Å². The second kappa shape index (κ2) is 7.52. The first-order valence-electron chi connectivity index (χ1n) is 8.65. The molecule has 0 atom stereocenters. The molecule has 3 rings (SSSR count). The van der Waals surface area contributed by atoms with Gasteiger partial charge in [-0.25, -0.2) is 0 Å². The summed E-state index contributed by atoms with van der Waals surface area (Å²) in [5.41, 5.74) is 1.32. The summed E-state index contributed by atoms with van der Waals surface area (Å²) in [7, 11) is 0. The highest BCUT2D eigenvalue weighted by Crippen LogP contribution is 2.44. The van der Waals surface area contributed by atoms with Crippen LogP contribution >= 0.6 is 0 Å². The van der Waals surface area contributed by atoms with E-state index in [4.69, 9.17) is 4.74 Å². The highest BCUT2D eigenvalue weighted by molar-refractivity contribution is 5.98. The molecule has 0 heterocycles. The summed E-state index contributed by atoms with van der Waals surface area (Å²) >= 11 is 0. The number of carbonyl (C=O) groups excluding carboxylic acids is 3. The lowest BCUT2D eigenvalue weighted by molar-refractivity contribution is -0.156. The molecular weight excluding hydrogens is 330 g/mol. The van der Waals surface area contributed by atoms with Crippen molar-refractivity contribution in [1.82, 2.24) is 0 Å². The molecule has 1 fully saturated rings. The summed E-state index contributed by atoms with van der Waals surface area (Å²) in [5, 5.41) is 2.65. The maximum atomic E-state index is 12.6. The number of ketones is 1. The second-order valence-corrected chi connectivity index (χ2v) is 6.56. The van der Waals surface area contributed by atoms with E-state index in [9.17, 15) is 14.4 Å². The fraction of sp³-hybridized carbons (Fsp3) is 0.286. The van der Waals surface area contributed by atoms with Crippen molar-refractivity contribution in [1.29, 1.82) is 0 Å². The Morgan fingerprint density at radius 3 is 2.38 bits per heavy atom. The zero-order valence-electron chi connectivity index (χ0n) is 14.7. The van der Waals surface area contributed by atoms with Crippen LogP contribution in [0.2, 0.25) is 0 Å². The van der Waals surface area contributed by atoms with E-state index in [1.807, 2.05) is 30.3 Å². The number of nitrogens with one attached hydrogen (secondary N) is 1. The molecule has 0 bridgehead atoms. The topological polar surface area (TPSA) is 72.5 Å². The Morgan fingerprint density at radius 2 is 1.77 bits per heavy atom. The van der Waals surface area contributed by atoms with Gasteiger partial charge in [0.05, 0.1) is 5.41 Å². The van der Waals surface area contributed by atoms with Crippen LogP contribution < -0.4 is 5.32 Å². The highest BCUT2D eigenvalue weighted by atomic mass is 16.5. The Morgan fingerprint density at radius 1 is 1.04 bits per heavy atom. The number of carbonyl (C=O) groups is 3. The molecule has 0 saturated heterocycles. The summed E-state index contributed by atoms with van der Waals surface area (Å²) in [4.78, 5) is 36.1. The van der Waals surface area contributed by atoms with E-state index in [2.05, 4.69) is 5.32 Å². The number of rotatable bonds is 6. The van der Waals surface area contributed by atoms with E-state index in [1.54, 1.807) is 24.3 Å². The van der Waals surface area contributed by atoms with Crippen molar-refractivity contribution >= 4 is 23.3 Å². The van der Waals surface area contributed by atoms with Gasteiger partial charge in [-0.05, 0) is 37.5 Å². The van der Waals surface area contributed by atoms with Crippen molar-refractivity contribution in [3.05, 3.63) is 65.7 Å². The average molecular weight is 351 g/mol. The Kier molecular flexibility index (Phi) is 5.16. The van der Waals surface area contributed by atoms with Crippen LogP contribution in [-0.4, -0.2) is 24.3 Å². The Labute approximate surface area is 152 Å². The molecule has 1 N–H and O–H groups in total. The Bertz CT molecular complexity index is 825. The molecule has 1 aliphatic rings. The van der Waals surface area contributed by atoms with Gasteiger partial charge >= 0.3 is 5.97 Å². The van der Waals surface area contributed by atoms with Crippen LogP contribution in [0.15, 0.2) is 54.6 Å². The third-order valence-corrected chi connectivity index (χ3v) is 4.81. The third-order valence-electron chi connectivity index (χ3n) is 4.81. The number of Topliss-reactive ketones (excluding diaryl/α,β-unsaturated/α-hetero) is 1. The number of amides is 1. The van der Waals surface area contributed by atoms with Crippen molar-refractivity contribution in [3.8, 4) is 0 Å². The summed E-state index contributed by atoms with van der Waals surface area (Å²) in [6.07, 6.45) is 2.43. The molecule has 0 aliphatic heterocycles. The van der Waals surface area contributed by atoms with Gasteiger partial charge in [0.15, 0.2) is 12.4 Å². The minimum Gasteiger partial charge on any atom is -0.455 e. The molecule has 0 spiro atoms. The van der Waals surface area contributed by atoms with Gasteiger partial charge in [0.1, 0.15) is 0 Å². The van der Waals surface area contributed by atoms with Crippen molar-refractivity contribution in [2.75, 3.05) is 11.9 Å². The summed E-state index contributed by atoms with van der Waals surface area (Å²) in [6, 6.07) is 16.2. The monoisotopic (exact) mass is 351 g/mol. The predicted octanol–water partition coefficient (Wildman–Crippen LogP) is 3.49. The molecule has 134 valence electrons. The van der Waals surface area contributed by atoms with E-state index >= 15 is 0 Å². The van der Waals surface area contributed by atoms with Crippen LogP contribution in [0, 0.1) is 0 Å². The van der Waals surface area contributed by atoms with Crippen LogP contribution in [-0.2, 0) is 19.7 Å². The summed E-state index contributed by atoms with van der Waals surface area (Å²) in [5.74, 6) is -0.869. The van der Waals surface area contributed by atoms with Crippen molar-refractivity contribution < 1.29 is 19.1 Å². The van der Waals surface area contributed by atoms with Crippen LogP contribution in [0.4, 0.5) is 5.69 Å². The van der Waals surface area contributed by atoms with E-state index in [-0.39, 0.29) is 18.4 Å². The van der Waals surface area contributed by atoms with Gasteiger partial charge in [-0.3, -0.25) is 14.4 Å². The zero-order chi connectivity index (χ0) is 18.6. The number of ether oxygens (including phenoxy) is 1. The van der Waals surface area contributed by atoms with Gasteiger partial charge < -0.3 is 10.1 Å². The minimum atomic E-state index is -0.629. The van der Waals surface area contributed by atoms with Gasteiger partial charge in [-0.1, -0.05) is 48.9 Å². The van der Waals surface area contributed by atoms with Crippen LogP contribution in [0.5, 0.6) is 0 Å². The van der Waals surface area contributed by atoms with Crippen LogP contribution in [0.3, 0.4) is 0 Å². The van der Waals surface area contributed by atoms with Crippen LogP contribution in [0.25, 0.3) is 0 Å². The maximum Gasteiger partial charge on any atom is 0.317 e. The first kappa shape index (κ1) is 17.9. The molecular formula is C21H21NO4. The number of hydrogen-bond acceptors (Lipinski definition) is 4. The normalized spacial score (nSPS) is 14.8. The van der Waals surface area contributed by atoms with E-state index in [1.165, 1.54) is 6.92 Å². The van der Waals surface area contributed by atoms with Gasteiger partial charge in [0, 0.05) is 11.3 Å². The Balaban J connectivity index is 1.60. The van der Waals surface area contributed by atoms with Crippen molar-refractivity contribution in [2.24, 2.45) is 0 Å². The molecule has 0 unspecified atom stereocenters. The zero-order valence-corrected chi connectivity index (χ0v) is 14.7. The predicted molar refractivity (Wildman–Crippen MR) is 98.0 cm³/mol. The smallest absolute Gasteiger partial charge is 0.317 e. The molecule has 0 aromatic heterocycles. The third kappa shape index (κ3) is 3.67. The molecule has 5 heteroatoms. The van der Waals surface area contributed by atoms with E-state index < -0.39 is 11.3 Å². The molecule has 0 radical (unpaired) electrons. The van der Waals surface area contributed by atoms with Gasteiger partial charge in [0.2, 0.25) is 0 Å². The number of benzene rings is 2. The summed E-state index contributed by atoms with van der Waals surface area (Å²) in [6.45, 7) is 1.11. The highest BCUT2D eigenvalue weighted by Gasteiger charge is 2.47. The first-order valence-corrected chi connectivity index (χ1v) is 8.65. The van der Waals surface area contributed by atoms with Gasteiger partial charge in [-0.2, -0.15) is 0 Å².